The fourth-order valence-electron chi connectivity index (χ4n) is 6.10. The smallest absolute Gasteiger partial charge is 0.123 e. The average Bonchev–Trinajstić information content (AvgIpc) is 3.15. The van der Waals surface area contributed by atoms with Gasteiger partial charge >= 0.3 is 0 Å². The molecule has 0 spiro atoms. The largest absolute Gasteiger partial charge is 0.379 e. The lowest BCUT2D eigenvalue weighted by molar-refractivity contribution is 0.0284. The third-order valence-electron chi connectivity index (χ3n) is 7.64. The average molecular weight is 421 g/mol. The molecular formula is C27H33FN2O. The highest BCUT2D eigenvalue weighted by molar-refractivity contribution is 5.63. The monoisotopic (exact) mass is 420 g/mol. The summed E-state index contributed by atoms with van der Waals surface area (Å²) in [4.78, 5) is 7.26. The van der Waals surface area contributed by atoms with Crippen LogP contribution in [0.25, 0.3) is 17.2 Å². The highest BCUT2D eigenvalue weighted by Crippen LogP contribution is 2.50. The number of rotatable bonds is 5. The summed E-state index contributed by atoms with van der Waals surface area (Å²) in [6, 6.07) is 10.8. The Morgan fingerprint density at radius 3 is 2.74 bits per heavy atom. The minimum atomic E-state index is -0.212. The third-order valence-corrected chi connectivity index (χ3v) is 7.64. The summed E-state index contributed by atoms with van der Waals surface area (Å²) in [7, 11) is 0. The fraction of sp³-hybridized carbons (Fsp3) is 0.519. The first kappa shape index (κ1) is 20.8. The molecule has 31 heavy (non-hydrogen) atoms. The Morgan fingerprint density at radius 1 is 1.06 bits per heavy atom. The van der Waals surface area contributed by atoms with E-state index in [1.54, 1.807) is 12.1 Å². The fourth-order valence-corrected chi connectivity index (χ4v) is 6.10. The molecule has 4 heteroatoms. The van der Waals surface area contributed by atoms with E-state index in [0.29, 0.717) is 5.92 Å². The Morgan fingerprint density at radius 2 is 1.94 bits per heavy atom. The van der Waals surface area contributed by atoms with Crippen molar-refractivity contribution in [3.05, 3.63) is 60.2 Å². The van der Waals surface area contributed by atoms with E-state index in [9.17, 15) is 4.39 Å². The van der Waals surface area contributed by atoms with Crippen LogP contribution in [-0.4, -0.2) is 42.7 Å². The summed E-state index contributed by atoms with van der Waals surface area (Å²) in [6.07, 6.45) is 13.5. The molecule has 2 aromatic rings. The van der Waals surface area contributed by atoms with Crippen molar-refractivity contribution in [3.63, 3.8) is 0 Å². The van der Waals surface area contributed by atoms with Crippen LogP contribution in [-0.2, 0) is 4.74 Å². The number of morpholine rings is 1. The van der Waals surface area contributed by atoms with Gasteiger partial charge in [-0.25, -0.2) is 4.39 Å². The Balaban J connectivity index is 1.30. The van der Waals surface area contributed by atoms with E-state index < -0.39 is 0 Å². The predicted octanol–water partition coefficient (Wildman–Crippen LogP) is 5.68. The highest BCUT2D eigenvalue weighted by Gasteiger charge is 2.43. The van der Waals surface area contributed by atoms with Crippen molar-refractivity contribution in [1.82, 2.24) is 9.88 Å². The van der Waals surface area contributed by atoms with Gasteiger partial charge in [-0.1, -0.05) is 43.5 Å². The van der Waals surface area contributed by atoms with Crippen molar-refractivity contribution in [2.75, 3.05) is 32.8 Å². The van der Waals surface area contributed by atoms with Crippen LogP contribution in [0.1, 0.15) is 37.8 Å². The Bertz CT molecular complexity index is 890. The summed E-state index contributed by atoms with van der Waals surface area (Å²) in [5, 5.41) is 0. The molecule has 0 bridgehead atoms. The van der Waals surface area contributed by atoms with Crippen molar-refractivity contribution in [2.24, 2.45) is 23.7 Å². The molecule has 164 valence electrons. The molecule has 2 heterocycles. The van der Waals surface area contributed by atoms with E-state index in [1.165, 1.54) is 44.7 Å². The number of benzene rings is 1. The molecule has 5 rings (SSSR count). The van der Waals surface area contributed by atoms with Gasteiger partial charge in [0.05, 0.1) is 18.9 Å². The first-order valence-electron chi connectivity index (χ1n) is 12.0. The van der Waals surface area contributed by atoms with Crippen LogP contribution in [0.4, 0.5) is 4.39 Å². The zero-order valence-electron chi connectivity index (χ0n) is 18.3. The van der Waals surface area contributed by atoms with Crippen LogP contribution >= 0.6 is 0 Å². The van der Waals surface area contributed by atoms with E-state index in [-0.39, 0.29) is 5.82 Å². The van der Waals surface area contributed by atoms with E-state index in [2.05, 4.69) is 28.1 Å². The normalized spacial score (nSPS) is 29.3. The summed E-state index contributed by atoms with van der Waals surface area (Å²) >= 11 is 0. The second-order valence-electron chi connectivity index (χ2n) is 9.54. The third kappa shape index (κ3) is 4.91. The first-order valence-corrected chi connectivity index (χ1v) is 12.0. The number of ether oxygens (including phenoxy) is 1. The van der Waals surface area contributed by atoms with Gasteiger partial charge in [-0.3, -0.25) is 9.88 Å². The van der Waals surface area contributed by atoms with Crippen molar-refractivity contribution in [2.45, 2.75) is 32.1 Å². The molecule has 3 nitrogen and oxygen atoms in total. The van der Waals surface area contributed by atoms with E-state index in [0.717, 1.165) is 60.9 Å². The molecule has 0 amide bonds. The summed E-state index contributed by atoms with van der Waals surface area (Å²) in [5.41, 5.74) is 2.81. The van der Waals surface area contributed by atoms with Crippen LogP contribution < -0.4 is 0 Å². The lowest BCUT2D eigenvalue weighted by atomic mass is 9.77. The molecule has 1 aromatic carbocycles. The molecule has 2 aliphatic carbocycles. The minimum Gasteiger partial charge on any atom is -0.379 e. The predicted molar refractivity (Wildman–Crippen MR) is 123 cm³/mol. The van der Waals surface area contributed by atoms with Crippen LogP contribution in [0.2, 0.25) is 0 Å². The first-order chi connectivity index (χ1) is 15.3. The van der Waals surface area contributed by atoms with Crippen molar-refractivity contribution < 1.29 is 9.13 Å². The second-order valence-corrected chi connectivity index (χ2v) is 9.54. The molecule has 0 radical (unpaired) electrons. The summed E-state index contributed by atoms with van der Waals surface area (Å²) in [6.45, 7) is 5.11. The SMILES string of the molecule is Fc1cccc(-c2ccc(C=C[C@@H]3[C@@H](CN4CCOCC4)C[C@H]4CCCC[C@H]43)nc2)c1. The lowest BCUT2D eigenvalue weighted by Crippen LogP contribution is -2.40. The van der Waals surface area contributed by atoms with Gasteiger partial charge in [-0.05, 0) is 66.4 Å². The summed E-state index contributed by atoms with van der Waals surface area (Å²) in [5.74, 6) is 2.92. The zero-order chi connectivity index (χ0) is 21.0. The molecule has 1 aromatic heterocycles. The number of fused-ring (bicyclic) bond motifs is 1. The van der Waals surface area contributed by atoms with Gasteiger partial charge < -0.3 is 4.74 Å². The van der Waals surface area contributed by atoms with Gasteiger partial charge in [-0.2, -0.15) is 0 Å². The van der Waals surface area contributed by atoms with Gasteiger partial charge in [-0.15, -0.1) is 0 Å². The molecule has 3 fully saturated rings. The molecular weight excluding hydrogens is 387 g/mol. The van der Waals surface area contributed by atoms with Gasteiger partial charge in [0, 0.05) is 31.4 Å². The number of aromatic nitrogens is 1. The molecule has 4 atom stereocenters. The second kappa shape index (κ2) is 9.62. The zero-order valence-corrected chi connectivity index (χ0v) is 18.3. The summed E-state index contributed by atoms with van der Waals surface area (Å²) < 4.78 is 19.1. The van der Waals surface area contributed by atoms with Crippen LogP contribution in [0.3, 0.4) is 0 Å². The Kier molecular flexibility index (Phi) is 6.47. The van der Waals surface area contributed by atoms with Crippen LogP contribution in [0.15, 0.2) is 48.7 Å². The highest BCUT2D eigenvalue weighted by atomic mass is 19.1. The number of halogens is 1. The van der Waals surface area contributed by atoms with Crippen LogP contribution in [0, 0.1) is 29.5 Å². The maximum Gasteiger partial charge on any atom is 0.123 e. The lowest BCUT2D eigenvalue weighted by Gasteiger charge is -2.32. The van der Waals surface area contributed by atoms with Crippen molar-refractivity contribution in [3.8, 4) is 11.1 Å². The molecule has 1 aliphatic heterocycles. The van der Waals surface area contributed by atoms with Gasteiger partial charge in [0.15, 0.2) is 0 Å². The molecule has 0 unspecified atom stereocenters. The molecule has 1 saturated heterocycles. The number of hydrogen-bond acceptors (Lipinski definition) is 3. The maximum atomic E-state index is 13.5. The quantitative estimate of drug-likeness (QED) is 0.623. The Hall–Kier alpha value is -2.04. The standard InChI is InChI=1S/C27H33FN2O/c28-24-6-3-5-20(17-24)22-8-9-25(29-18-22)10-11-27-23(19-30-12-14-31-15-13-30)16-21-4-1-2-7-26(21)27/h3,5-6,8-11,17-18,21,23,26-27H,1-2,4,7,12-16,19H2/t21-,23-,26-,27-/m1/s1. The number of pyridine rings is 1. The van der Waals surface area contributed by atoms with Crippen molar-refractivity contribution in [1.29, 1.82) is 0 Å². The number of allylic oxidation sites excluding steroid dienone is 1. The topological polar surface area (TPSA) is 25.4 Å². The number of nitrogens with zero attached hydrogens (tertiary/aromatic N) is 2. The Labute approximate surface area is 185 Å². The molecule has 0 N–H and O–H groups in total. The van der Waals surface area contributed by atoms with E-state index in [1.807, 2.05) is 18.3 Å². The van der Waals surface area contributed by atoms with Gasteiger partial charge in [0.2, 0.25) is 0 Å². The maximum absolute atomic E-state index is 13.5. The molecule has 2 saturated carbocycles. The number of hydrogen-bond donors (Lipinski definition) is 0. The van der Waals surface area contributed by atoms with E-state index in [4.69, 9.17) is 4.74 Å². The minimum absolute atomic E-state index is 0.212. The van der Waals surface area contributed by atoms with Gasteiger partial charge in [0.25, 0.3) is 0 Å². The van der Waals surface area contributed by atoms with Gasteiger partial charge in [0.1, 0.15) is 5.82 Å². The van der Waals surface area contributed by atoms with Crippen LogP contribution in [0.5, 0.6) is 0 Å². The molecule has 3 aliphatic rings. The van der Waals surface area contributed by atoms with E-state index >= 15 is 0 Å². The van der Waals surface area contributed by atoms with Crippen molar-refractivity contribution >= 4 is 6.08 Å².